The average molecular weight is 446 g/mol. The van der Waals surface area contributed by atoms with Crippen LogP contribution in [0.2, 0.25) is 0 Å². The molecule has 32 heavy (non-hydrogen) atoms. The number of thiazole rings is 1. The number of fused-ring (bicyclic) bond motifs is 1. The van der Waals surface area contributed by atoms with Gasteiger partial charge in [0.25, 0.3) is 5.91 Å². The van der Waals surface area contributed by atoms with E-state index in [1.165, 1.54) is 28.6 Å². The van der Waals surface area contributed by atoms with Crippen LogP contribution in [0.3, 0.4) is 0 Å². The third-order valence-corrected chi connectivity index (χ3v) is 6.20. The van der Waals surface area contributed by atoms with Gasteiger partial charge in [-0.1, -0.05) is 41.7 Å². The van der Waals surface area contributed by atoms with Crippen LogP contribution in [0.15, 0.2) is 82.7 Å². The second-order valence-corrected chi connectivity index (χ2v) is 8.13. The minimum Gasteiger partial charge on any atom is -0.503 e. The Kier molecular flexibility index (Phi) is 4.99. The molecule has 5 rings (SSSR count). The Hall–Kier alpha value is -3.91. The van der Waals surface area contributed by atoms with E-state index in [4.69, 9.17) is 9.15 Å². The van der Waals surface area contributed by atoms with Gasteiger partial charge in [-0.15, -0.1) is 0 Å². The van der Waals surface area contributed by atoms with E-state index in [9.17, 15) is 14.7 Å². The van der Waals surface area contributed by atoms with Gasteiger partial charge >= 0.3 is 0 Å². The van der Waals surface area contributed by atoms with Gasteiger partial charge in [0.1, 0.15) is 5.75 Å². The van der Waals surface area contributed by atoms with Gasteiger partial charge in [-0.3, -0.25) is 14.5 Å². The second kappa shape index (κ2) is 7.97. The van der Waals surface area contributed by atoms with Gasteiger partial charge < -0.3 is 14.3 Å². The summed E-state index contributed by atoms with van der Waals surface area (Å²) >= 11 is 1.29. The molecular weight excluding hydrogens is 428 g/mol. The number of aliphatic hydroxyl groups is 1. The Morgan fingerprint density at radius 2 is 2.00 bits per heavy atom. The first-order chi connectivity index (χ1) is 15.6. The van der Waals surface area contributed by atoms with E-state index in [1.807, 2.05) is 43.3 Å². The molecule has 0 saturated carbocycles. The van der Waals surface area contributed by atoms with Crippen LogP contribution in [-0.2, 0) is 4.79 Å². The van der Waals surface area contributed by atoms with Gasteiger partial charge in [0.2, 0.25) is 5.78 Å². The molecule has 2 aromatic carbocycles. The van der Waals surface area contributed by atoms with Gasteiger partial charge in [0.15, 0.2) is 16.7 Å². The minimum absolute atomic E-state index is 0.0367. The number of ether oxygens (including phenoxy) is 1. The predicted octanol–water partition coefficient (Wildman–Crippen LogP) is 5.07. The van der Waals surface area contributed by atoms with Crippen molar-refractivity contribution in [2.75, 3.05) is 11.5 Å². The van der Waals surface area contributed by atoms with E-state index in [0.717, 1.165) is 4.70 Å². The number of ketones is 1. The van der Waals surface area contributed by atoms with Crippen molar-refractivity contribution in [3.8, 4) is 5.75 Å². The Morgan fingerprint density at radius 3 is 2.72 bits per heavy atom. The van der Waals surface area contributed by atoms with Crippen LogP contribution in [0.5, 0.6) is 5.75 Å². The van der Waals surface area contributed by atoms with Crippen LogP contribution < -0.4 is 9.64 Å². The standard InChI is InChI=1S/C24H18N2O5S/c1-2-30-15-10-11-16-18(13-15)32-24(25-16)26-20(14-7-4-3-5-8-14)19(22(28)23(26)29)21(27)17-9-6-12-31-17/h3-13,20,28H,2H2,1H3. The predicted molar refractivity (Wildman–Crippen MR) is 120 cm³/mol. The number of hydrogen-bond acceptors (Lipinski definition) is 7. The molecule has 8 heteroatoms. The number of aliphatic hydroxyl groups excluding tert-OH is 1. The molecule has 3 heterocycles. The van der Waals surface area contributed by atoms with Crippen molar-refractivity contribution < 1.29 is 23.8 Å². The summed E-state index contributed by atoms with van der Waals surface area (Å²) in [7, 11) is 0. The maximum atomic E-state index is 13.2. The molecule has 1 atom stereocenters. The number of hydrogen-bond donors (Lipinski definition) is 1. The average Bonchev–Trinajstić information content (AvgIpc) is 3.53. The fourth-order valence-electron chi connectivity index (χ4n) is 3.78. The number of anilines is 1. The second-order valence-electron chi connectivity index (χ2n) is 7.12. The number of nitrogens with zero attached hydrogens (tertiary/aromatic N) is 2. The quantitative estimate of drug-likeness (QED) is 0.416. The van der Waals surface area contributed by atoms with Crippen LogP contribution in [0.1, 0.15) is 29.1 Å². The lowest BCUT2D eigenvalue weighted by Crippen LogP contribution is -2.30. The molecule has 1 unspecified atom stereocenters. The summed E-state index contributed by atoms with van der Waals surface area (Å²) in [6.07, 6.45) is 1.38. The third kappa shape index (κ3) is 3.25. The molecule has 1 amide bonds. The molecule has 0 saturated heterocycles. The van der Waals surface area contributed by atoms with E-state index in [0.29, 0.717) is 28.6 Å². The number of rotatable bonds is 6. The first-order valence-corrected chi connectivity index (χ1v) is 10.8. The lowest BCUT2D eigenvalue weighted by molar-refractivity contribution is -0.117. The summed E-state index contributed by atoms with van der Waals surface area (Å²) < 4.78 is 11.6. The van der Waals surface area contributed by atoms with Gasteiger partial charge in [-0.05, 0) is 42.8 Å². The normalized spacial score (nSPS) is 16.2. The molecule has 2 aromatic heterocycles. The molecule has 0 spiro atoms. The van der Waals surface area contributed by atoms with Crippen LogP contribution in [0, 0.1) is 0 Å². The molecule has 160 valence electrons. The van der Waals surface area contributed by atoms with Gasteiger partial charge in [-0.2, -0.15) is 0 Å². The zero-order chi connectivity index (χ0) is 22.2. The maximum absolute atomic E-state index is 13.2. The number of benzene rings is 2. The maximum Gasteiger partial charge on any atom is 0.296 e. The fraction of sp³-hybridized carbons (Fsp3) is 0.125. The number of Topliss-reactive ketones (excluding diaryl/α,β-unsaturated/α-hetero) is 1. The lowest BCUT2D eigenvalue weighted by Gasteiger charge is -2.24. The SMILES string of the molecule is CCOc1ccc2nc(N3C(=O)C(O)=C(C(=O)c4ccco4)C3c3ccccc3)sc2c1. The highest BCUT2D eigenvalue weighted by atomic mass is 32.1. The summed E-state index contributed by atoms with van der Waals surface area (Å²) in [5, 5.41) is 11.1. The molecule has 1 aliphatic rings. The number of aromatic nitrogens is 1. The molecule has 4 aromatic rings. The van der Waals surface area contributed by atoms with Crippen molar-refractivity contribution in [3.05, 3.63) is 89.6 Å². The zero-order valence-electron chi connectivity index (χ0n) is 17.0. The summed E-state index contributed by atoms with van der Waals surface area (Å²) in [5.41, 5.74) is 1.33. The van der Waals surface area contributed by atoms with Crippen LogP contribution in [-0.4, -0.2) is 28.4 Å². The highest BCUT2D eigenvalue weighted by Crippen LogP contribution is 2.44. The molecule has 7 nitrogen and oxygen atoms in total. The van der Waals surface area contributed by atoms with Crippen molar-refractivity contribution in [1.82, 2.24) is 4.98 Å². The fourth-order valence-corrected chi connectivity index (χ4v) is 4.80. The van der Waals surface area contributed by atoms with Crippen molar-refractivity contribution in [2.45, 2.75) is 13.0 Å². The minimum atomic E-state index is -0.840. The van der Waals surface area contributed by atoms with E-state index < -0.39 is 23.5 Å². The summed E-state index contributed by atoms with van der Waals surface area (Å²) in [6, 6.07) is 16.8. The Balaban J connectivity index is 1.64. The number of furan rings is 1. The highest BCUT2D eigenvalue weighted by Gasteiger charge is 2.46. The van der Waals surface area contributed by atoms with E-state index in [1.54, 1.807) is 18.2 Å². The van der Waals surface area contributed by atoms with Crippen LogP contribution in [0.4, 0.5) is 5.13 Å². The first-order valence-electron chi connectivity index (χ1n) is 10.0. The Bertz CT molecular complexity index is 1340. The van der Waals surface area contributed by atoms with Crippen molar-refractivity contribution in [3.63, 3.8) is 0 Å². The van der Waals surface area contributed by atoms with Crippen molar-refractivity contribution in [2.24, 2.45) is 0 Å². The highest BCUT2D eigenvalue weighted by molar-refractivity contribution is 7.22. The molecule has 0 aliphatic carbocycles. The molecule has 0 bridgehead atoms. The summed E-state index contributed by atoms with van der Waals surface area (Å²) in [6.45, 7) is 2.44. The molecule has 1 aliphatic heterocycles. The Labute approximate surface area is 187 Å². The summed E-state index contributed by atoms with van der Waals surface area (Å²) in [4.78, 5) is 32.4. The third-order valence-electron chi connectivity index (χ3n) is 5.18. The zero-order valence-corrected chi connectivity index (χ0v) is 17.8. The van der Waals surface area contributed by atoms with Crippen molar-refractivity contribution >= 4 is 38.4 Å². The Morgan fingerprint density at radius 1 is 1.19 bits per heavy atom. The molecule has 1 N–H and O–H groups in total. The topological polar surface area (TPSA) is 92.9 Å². The number of amides is 1. The van der Waals surface area contributed by atoms with E-state index in [2.05, 4.69) is 4.98 Å². The van der Waals surface area contributed by atoms with E-state index >= 15 is 0 Å². The van der Waals surface area contributed by atoms with Crippen molar-refractivity contribution in [1.29, 1.82) is 0 Å². The molecule has 0 fully saturated rings. The van der Waals surface area contributed by atoms with Crippen LogP contribution >= 0.6 is 11.3 Å². The van der Waals surface area contributed by atoms with Gasteiger partial charge in [-0.25, -0.2) is 4.98 Å². The molecular formula is C24H18N2O5S. The smallest absolute Gasteiger partial charge is 0.296 e. The largest absolute Gasteiger partial charge is 0.503 e. The van der Waals surface area contributed by atoms with Gasteiger partial charge in [0.05, 0.1) is 34.7 Å². The van der Waals surface area contributed by atoms with Gasteiger partial charge in [0, 0.05) is 0 Å². The summed E-state index contributed by atoms with van der Waals surface area (Å²) in [5.74, 6) is -1.07. The number of carbonyl (C=O) groups excluding carboxylic acids is 2. The first kappa shape index (κ1) is 20.0. The number of carbonyl (C=O) groups is 2. The lowest BCUT2D eigenvalue weighted by atomic mass is 9.95. The van der Waals surface area contributed by atoms with Crippen LogP contribution in [0.25, 0.3) is 10.2 Å². The molecule has 0 radical (unpaired) electrons. The monoisotopic (exact) mass is 446 g/mol. The van der Waals surface area contributed by atoms with E-state index in [-0.39, 0.29) is 11.3 Å².